The van der Waals surface area contributed by atoms with Crippen molar-refractivity contribution < 1.29 is 28.6 Å². The number of hydrogen-bond donors (Lipinski definition) is 2. The third kappa shape index (κ3) is 7.96. The van der Waals surface area contributed by atoms with E-state index in [1.165, 1.54) is 6.20 Å². The molecule has 1 unspecified atom stereocenters. The van der Waals surface area contributed by atoms with Gasteiger partial charge >= 0.3 is 12.1 Å². The number of carbonyl (C=O) groups is 2. The molecule has 2 N–H and O–H groups in total. The summed E-state index contributed by atoms with van der Waals surface area (Å²) in [5.41, 5.74) is 1.55. The van der Waals surface area contributed by atoms with Crippen LogP contribution in [0.1, 0.15) is 32.8 Å². The lowest BCUT2D eigenvalue weighted by molar-refractivity contribution is -0.137. The van der Waals surface area contributed by atoms with Gasteiger partial charge in [-0.2, -0.15) is 0 Å². The second kappa shape index (κ2) is 11.2. The molecule has 2 aromatic carbocycles. The monoisotopic (exact) mass is 500 g/mol. The predicted molar refractivity (Wildman–Crippen MR) is 130 cm³/mol. The van der Waals surface area contributed by atoms with Gasteiger partial charge in [-0.15, -0.1) is 0 Å². The molecule has 1 heterocycles. The molecular formula is C26H26ClFN2O5. The van der Waals surface area contributed by atoms with Gasteiger partial charge in [0.05, 0.1) is 11.4 Å². The van der Waals surface area contributed by atoms with Gasteiger partial charge in [0.15, 0.2) is 5.82 Å². The highest BCUT2D eigenvalue weighted by atomic mass is 35.5. The van der Waals surface area contributed by atoms with Crippen molar-refractivity contribution in [2.75, 3.05) is 0 Å². The van der Waals surface area contributed by atoms with Crippen LogP contribution in [0.25, 0.3) is 11.1 Å². The molecule has 0 aliphatic carbocycles. The third-order valence-electron chi connectivity index (χ3n) is 4.76. The summed E-state index contributed by atoms with van der Waals surface area (Å²) < 4.78 is 25.4. The fraction of sp³-hybridized carbons (Fsp3) is 0.269. The standard InChI is InChI=1S/C26H26ClFN2O5/c1-26(2,3)35-25(33)30-20(14-23(31)32)12-18-11-17(16-7-5-4-6-8-16)9-10-22(18)34-24-21(28)13-19(27)15-29-24/h4-11,13,15,20H,12,14H2,1-3H3,(H,30,33)(H,31,32). The molecular weight excluding hydrogens is 475 g/mol. The van der Waals surface area contributed by atoms with E-state index < -0.39 is 29.5 Å². The van der Waals surface area contributed by atoms with Crippen LogP contribution in [0, 0.1) is 5.82 Å². The van der Waals surface area contributed by atoms with Crippen molar-refractivity contribution in [2.24, 2.45) is 0 Å². The van der Waals surface area contributed by atoms with Gasteiger partial charge in [0.25, 0.3) is 5.88 Å². The number of amides is 1. The van der Waals surface area contributed by atoms with Crippen molar-refractivity contribution in [1.82, 2.24) is 10.3 Å². The highest BCUT2D eigenvalue weighted by Gasteiger charge is 2.23. The lowest BCUT2D eigenvalue weighted by Crippen LogP contribution is -2.41. The summed E-state index contributed by atoms with van der Waals surface area (Å²) in [6, 6.07) is 15.1. The van der Waals surface area contributed by atoms with Crippen molar-refractivity contribution in [3.05, 3.63) is 77.2 Å². The summed E-state index contributed by atoms with van der Waals surface area (Å²) in [4.78, 5) is 27.8. The van der Waals surface area contributed by atoms with Crippen LogP contribution < -0.4 is 10.1 Å². The Morgan fingerprint density at radius 3 is 2.46 bits per heavy atom. The van der Waals surface area contributed by atoms with Gasteiger partial charge < -0.3 is 19.9 Å². The summed E-state index contributed by atoms with van der Waals surface area (Å²) in [5, 5.41) is 12.2. The number of aromatic nitrogens is 1. The first-order valence-electron chi connectivity index (χ1n) is 10.9. The highest BCUT2D eigenvalue weighted by Crippen LogP contribution is 2.32. The fourth-order valence-electron chi connectivity index (χ4n) is 3.35. The van der Waals surface area contributed by atoms with Gasteiger partial charge in [-0.25, -0.2) is 14.2 Å². The Hall–Kier alpha value is -3.65. The van der Waals surface area contributed by atoms with Crippen LogP contribution in [0.3, 0.4) is 0 Å². The number of halogens is 2. The van der Waals surface area contributed by atoms with Gasteiger partial charge in [0.2, 0.25) is 0 Å². The van der Waals surface area contributed by atoms with Crippen molar-refractivity contribution in [3.63, 3.8) is 0 Å². The van der Waals surface area contributed by atoms with Gasteiger partial charge in [-0.1, -0.05) is 48.0 Å². The minimum absolute atomic E-state index is 0.0801. The van der Waals surface area contributed by atoms with E-state index >= 15 is 0 Å². The summed E-state index contributed by atoms with van der Waals surface area (Å²) in [6.07, 6.45) is 0.240. The Balaban J connectivity index is 1.97. The molecule has 3 rings (SSSR count). The Bertz CT molecular complexity index is 1200. The molecule has 1 aromatic heterocycles. The molecule has 9 heteroatoms. The van der Waals surface area contributed by atoms with Crippen LogP contribution in [0.5, 0.6) is 11.6 Å². The number of alkyl carbamates (subject to hydrolysis) is 1. The van der Waals surface area contributed by atoms with Crippen LogP contribution in [0.15, 0.2) is 60.8 Å². The highest BCUT2D eigenvalue weighted by molar-refractivity contribution is 6.30. The predicted octanol–water partition coefficient (Wildman–Crippen LogP) is 6.24. The van der Waals surface area contributed by atoms with E-state index in [0.29, 0.717) is 5.56 Å². The van der Waals surface area contributed by atoms with E-state index in [1.54, 1.807) is 32.9 Å². The maximum Gasteiger partial charge on any atom is 0.407 e. The lowest BCUT2D eigenvalue weighted by atomic mass is 9.97. The number of carboxylic acid groups (broad SMARTS) is 1. The summed E-state index contributed by atoms with van der Waals surface area (Å²) in [5.74, 6) is -1.86. The fourth-order valence-corrected chi connectivity index (χ4v) is 3.50. The zero-order chi connectivity index (χ0) is 25.6. The first kappa shape index (κ1) is 26.0. The second-order valence-corrected chi connectivity index (χ2v) is 9.31. The minimum Gasteiger partial charge on any atom is -0.481 e. The topological polar surface area (TPSA) is 97.8 Å². The molecule has 0 bridgehead atoms. The molecule has 0 saturated carbocycles. The molecule has 184 valence electrons. The van der Waals surface area contributed by atoms with Gasteiger partial charge in [0, 0.05) is 12.2 Å². The van der Waals surface area contributed by atoms with Crippen molar-refractivity contribution in [1.29, 1.82) is 0 Å². The van der Waals surface area contributed by atoms with E-state index in [9.17, 15) is 19.1 Å². The molecule has 1 amide bonds. The number of carboxylic acids is 1. The van der Waals surface area contributed by atoms with E-state index in [0.717, 1.165) is 17.2 Å². The minimum atomic E-state index is -1.10. The van der Waals surface area contributed by atoms with Crippen LogP contribution in [-0.2, 0) is 16.0 Å². The van der Waals surface area contributed by atoms with Crippen molar-refractivity contribution >= 4 is 23.7 Å². The zero-order valence-electron chi connectivity index (χ0n) is 19.5. The van der Waals surface area contributed by atoms with Gasteiger partial charge in [0.1, 0.15) is 11.4 Å². The molecule has 7 nitrogen and oxygen atoms in total. The quantitative estimate of drug-likeness (QED) is 0.379. The number of ether oxygens (including phenoxy) is 2. The smallest absolute Gasteiger partial charge is 0.407 e. The van der Waals surface area contributed by atoms with Crippen LogP contribution in [0.2, 0.25) is 5.02 Å². The Kier molecular flexibility index (Phi) is 8.30. The molecule has 35 heavy (non-hydrogen) atoms. The largest absolute Gasteiger partial charge is 0.481 e. The number of nitrogens with zero attached hydrogens (tertiary/aromatic N) is 1. The SMILES string of the molecule is CC(C)(C)OC(=O)NC(CC(=O)O)Cc1cc(-c2ccccc2)ccc1Oc1ncc(Cl)cc1F. The zero-order valence-corrected chi connectivity index (χ0v) is 20.3. The number of rotatable bonds is 8. The molecule has 0 saturated heterocycles. The molecule has 0 aliphatic heterocycles. The molecule has 0 radical (unpaired) electrons. The first-order chi connectivity index (χ1) is 16.5. The van der Waals surface area contributed by atoms with Crippen molar-refractivity contribution in [3.8, 4) is 22.8 Å². The Morgan fingerprint density at radius 1 is 1.11 bits per heavy atom. The van der Waals surface area contributed by atoms with E-state index in [1.807, 2.05) is 36.4 Å². The van der Waals surface area contributed by atoms with Crippen LogP contribution in [-0.4, -0.2) is 33.8 Å². The maximum atomic E-state index is 14.4. The number of hydrogen-bond acceptors (Lipinski definition) is 5. The Labute approximate surface area is 207 Å². The van der Waals surface area contributed by atoms with Crippen LogP contribution >= 0.6 is 11.6 Å². The molecule has 0 aliphatic rings. The number of benzene rings is 2. The summed E-state index contributed by atoms with van der Waals surface area (Å²) in [6.45, 7) is 5.13. The number of carbonyl (C=O) groups excluding carboxylic acids is 1. The molecule has 3 aromatic rings. The number of aliphatic carboxylic acids is 1. The number of nitrogens with one attached hydrogen (secondary N) is 1. The van der Waals surface area contributed by atoms with Crippen molar-refractivity contribution in [2.45, 2.75) is 45.3 Å². The molecule has 0 spiro atoms. The van der Waals surface area contributed by atoms with Gasteiger partial charge in [-0.3, -0.25) is 4.79 Å². The average Bonchev–Trinajstić information content (AvgIpc) is 2.75. The third-order valence-corrected chi connectivity index (χ3v) is 4.96. The van der Waals surface area contributed by atoms with Gasteiger partial charge in [-0.05, 0) is 62.1 Å². The van der Waals surface area contributed by atoms with E-state index in [2.05, 4.69) is 10.3 Å². The molecule has 0 fully saturated rings. The molecule has 1 atom stereocenters. The maximum absolute atomic E-state index is 14.4. The van der Waals surface area contributed by atoms with E-state index in [4.69, 9.17) is 21.1 Å². The lowest BCUT2D eigenvalue weighted by Gasteiger charge is -2.23. The van der Waals surface area contributed by atoms with E-state index in [-0.39, 0.29) is 29.5 Å². The normalized spacial score (nSPS) is 12.0. The average molecular weight is 501 g/mol. The summed E-state index contributed by atoms with van der Waals surface area (Å²) in [7, 11) is 0. The summed E-state index contributed by atoms with van der Waals surface area (Å²) >= 11 is 5.79. The van der Waals surface area contributed by atoms with Crippen LogP contribution in [0.4, 0.5) is 9.18 Å². The number of pyridine rings is 1. The second-order valence-electron chi connectivity index (χ2n) is 8.88. The first-order valence-corrected chi connectivity index (χ1v) is 11.3. The Morgan fingerprint density at radius 2 is 1.83 bits per heavy atom.